The van der Waals surface area contributed by atoms with Gasteiger partial charge in [-0.25, -0.2) is 18.0 Å². The van der Waals surface area contributed by atoms with Gasteiger partial charge in [-0.15, -0.1) is 0 Å². The van der Waals surface area contributed by atoms with E-state index in [0.717, 1.165) is 12.8 Å². The van der Waals surface area contributed by atoms with Crippen LogP contribution < -0.4 is 5.32 Å². The SMILES string of the molecule is CCOC(=O)C(=CNc1ccc(S(=O)(=O)C2CCCC2)cc1)C(=O)OCC. The normalized spacial score (nSPS) is 14.4. The van der Waals surface area contributed by atoms with Gasteiger partial charge in [0.25, 0.3) is 0 Å². The van der Waals surface area contributed by atoms with Crippen LogP contribution in [0, 0.1) is 0 Å². The number of carbonyl (C=O) groups is 2. The van der Waals surface area contributed by atoms with Gasteiger partial charge in [0.15, 0.2) is 15.4 Å². The van der Waals surface area contributed by atoms with E-state index in [1.54, 1.807) is 26.0 Å². The number of anilines is 1. The molecule has 27 heavy (non-hydrogen) atoms. The van der Waals surface area contributed by atoms with E-state index < -0.39 is 21.8 Å². The van der Waals surface area contributed by atoms with Crippen molar-refractivity contribution >= 4 is 27.5 Å². The molecule has 0 radical (unpaired) electrons. The van der Waals surface area contributed by atoms with Gasteiger partial charge < -0.3 is 14.8 Å². The molecule has 0 unspecified atom stereocenters. The fourth-order valence-corrected chi connectivity index (χ4v) is 4.76. The first-order valence-corrected chi connectivity index (χ1v) is 10.6. The number of carbonyl (C=O) groups excluding carboxylic acids is 2. The fourth-order valence-electron chi connectivity index (χ4n) is 2.91. The largest absolute Gasteiger partial charge is 0.462 e. The molecule has 0 amide bonds. The molecule has 0 heterocycles. The number of ether oxygens (including phenoxy) is 2. The predicted octanol–water partition coefficient (Wildman–Crippen LogP) is 2.82. The monoisotopic (exact) mass is 395 g/mol. The second-order valence-corrected chi connectivity index (χ2v) is 8.35. The van der Waals surface area contributed by atoms with Crippen molar-refractivity contribution in [2.24, 2.45) is 0 Å². The minimum absolute atomic E-state index is 0.128. The molecule has 1 N–H and O–H groups in total. The second kappa shape index (κ2) is 9.55. The van der Waals surface area contributed by atoms with Gasteiger partial charge in [0.05, 0.1) is 23.4 Å². The van der Waals surface area contributed by atoms with Crippen molar-refractivity contribution in [3.63, 3.8) is 0 Å². The Balaban J connectivity index is 2.14. The average molecular weight is 395 g/mol. The average Bonchev–Trinajstić information content (AvgIpc) is 3.18. The molecule has 1 aliphatic carbocycles. The van der Waals surface area contributed by atoms with Crippen LogP contribution >= 0.6 is 0 Å². The van der Waals surface area contributed by atoms with Gasteiger partial charge in [-0.2, -0.15) is 0 Å². The van der Waals surface area contributed by atoms with Crippen molar-refractivity contribution in [1.29, 1.82) is 0 Å². The van der Waals surface area contributed by atoms with E-state index in [0.29, 0.717) is 18.5 Å². The third-order valence-electron chi connectivity index (χ3n) is 4.30. The summed E-state index contributed by atoms with van der Waals surface area (Å²) in [6, 6.07) is 6.23. The van der Waals surface area contributed by atoms with E-state index in [4.69, 9.17) is 9.47 Å². The fraction of sp³-hybridized carbons (Fsp3) is 0.474. The molecule has 1 aromatic rings. The van der Waals surface area contributed by atoms with E-state index in [2.05, 4.69) is 5.32 Å². The van der Waals surface area contributed by atoms with E-state index in [9.17, 15) is 18.0 Å². The molecule has 8 heteroatoms. The van der Waals surface area contributed by atoms with Gasteiger partial charge in [-0.1, -0.05) is 12.8 Å². The number of rotatable bonds is 8. The van der Waals surface area contributed by atoms with Gasteiger partial charge in [0.1, 0.15) is 0 Å². The molecule has 2 rings (SSSR count). The van der Waals surface area contributed by atoms with Crippen LogP contribution in [-0.2, 0) is 28.9 Å². The Morgan fingerprint density at radius 2 is 1.56 bits per heavy atom. The maximum absolute atomic E-state index is 12.6. The summed E-state index contributed by atoms with van der Waals surface area (Å²) in [6.07, 6.45) is 4.50. The summed E-state index contributed by atoms with van der Waals surface area (Å²) >= 11 is 0. The van der Waals surface area contributed by atoms with Crippen molar-refractivity contribution in [1.82, 2.24) is 0 Å². The number of sulfone groups is 1. The Kier molecular flexibility index (Phi) is 7.41. The zero-order valence-electron chi connectivity index (χ0n) is 15.6. The summed E-state index contributed by atoms with van der Waals surface area (Å²) in [4.78, 5) is 24.1. The van der Waals surface area contributed by atoms with E-state index in [-0.39, 0.29) is 28.9 Å². The van der Waals surface area contributed by atoms with Crippen LogP contribution in [0.25, 0.3) is 0 Å². The molecule has 1 aromatic carbocycles. The van der Waals surface area contributed by atoms with E-state index in [1.807, 2.05) is 0 Å². The Morgan fingerprint density at radius 1 is 1.04 bits per heavy atom. The summed E-state index contributed by atoms with van der Waals surface area (Å²) in [5.41, 5.74) is 0.271. The smallest absolute Gasteiger partial charge is 0.347 e. The third-order valence-corrected chi connectivity index (χ3v) is 6.58. The highest BCUT2D eigenvalue weighted by molar-refractivity contribution is 7.92. The Labute approximate surface area is 159 Å². The van der Waals surface area contributed by atoms with Crippen molar-refractivity contribution in [2.75, 3.05) is 18.5 Å². The summed E-state index contributed by atoms with van der Waals surface area (Å²) in [5, 5.41) is 2.50. The highest BCUT2D eigenvalue weighted by atomic mass is 32.2. The molecule has 1 saturated carbocycles. The summed E-state index contributed by atoms with van der Waals surface area (Å²) in [5.74, 6) is -1.58. The highest BCUT2D eigenvalue weighted by Crippen LogP contribution is 2.30. The number of hydrogen-bond donors (Lipinski definition) is 1. The number of esters is 2. The first kappa shape index (κ1) is 21.0. The molecule has 0 aliphatic heterocycles. The summed E-state index contributed by atoms with van der Waals surface area (Å²) in [7, 11) is -3.32. The third kappa shape index (κ3) is 5.32. The first-order chi connectivity index (χ1) is 12.9. The molecule has 0 bridgehead atoms. The summed E-state index contributed by atoms with van der Waals surface area (Å²) in [6.45, 7) is 3.53. The number of benzene rings is 1. The molecule has 0 aromatic heterocycles. The standard InChI is InChI=1S/C19H25NO6S/c1-3-25-18(21)17(19(22)26-4-2)13-20-14-9-11-16(12-10-14)27(23,24)15-7-5-6-8-15/h9-13,15,20H,3-8H2,1-2H3. The lowest BCUT2D eigenvalue weighted by molar-refractivity contribution is -0.146. The Morgan fingerprint density at radius 3 is 2.04 bits per heavy atom. The van der Waals surface area contributed by atoms with Crippen LogP contribution in [0.5, 0.6) is 0 Å². The van der Waals surface area contributed by atoms with Gasteiger partial charge in [-0.05, 0) is 51.0 Å². The molecule has 0 atom stereocenters. The highest BCUT2D eigenvalue weighted by Gasteiger charge is 2.30. The lowest BCUT2D eigenvalue weighted by atomic mass is 10.2. The van der Waals surface area contributed by atoms with Crippen LogP contribution in [0.4, 0.5) is 5.69 Å². The molecular weight excluding hydrogens is 370 g/mol. The Bertz CT molecular complexity index is 772. The van der Waals surface area contributed by atoms with Crippen LogP contribution in [-0.4, -0.2) is 38.8 Å². The van der Waals surface area contributed by atoms with Gasteiger partial charge >= 0.3 is 11.9 Å². The van der Waals surface area contributed by atoms with Gasteiger partial charge in [0, 0.05) is 11.9 Å². The quantitative estimate of drug-likeness (QED) is 0.313. The maximum Gasteiger partial charge on any atom is 0.347 e. The van der Waals surface area contributed by atoms with Gasteiger partial charge in [-0.3, -0.25) is 0 Å². The number of nitrogens with one attached hydrogen (secondary N) is 1. The maximum atomic E-state index is 12.6. The second-order valence-electron chi connectivity index (χ2n) is 6.12. The minimum Gasteiger partial charge on any atom is -0.462 e. The molecule has 1 aliphatic rings. The molecule has 0 spiro atoms. The van der Waals surface area contributed by atoms with Crippen LogP contribution in [0.15, 0.2) is 40.9 Å². The Hall–Kier alpha value is -2.35. The number of hydrogen-bond acceptors (Lipinski definition) is 7. The van der Waals surface area contributed by atoms with E-state index in [1.165, 1.54) is 18.3 Å². The molecule has 7 nitrogen and oxygen atoms in total. The predicted molar refractivity (Wildman–Crippen MR) is 101 cm³/mol. The van der Waals surface area contributed by atoms with Crippen molar-refractivity contribution in [3.8, 4) is 0 Å². The zero-order valence-corrected chi connectivity index (χ0v) is 16.4. The van der Waals surface area contributed by atoms with Crippen LogP contribution in [0.2, 0.25) is 0 Å². The lowest BCUT2D eigenvalue weighted by Gasteiger charge is -2.12. The van der Waals surface area contributed by atoms with Crippen molar-refractivity contribution in [2.45, 2.75) is 49.7 Å². The van der Waals surface area contributed by atoms with Crippen molar-refractivity contribution in [3.05, 3.63) is 36.0 Å². The van der Waals surface area contributed by atoms with E-state index >= 15 is 0 Å². The molecule has 0 saturated heterocycles. The first-order valence-electron chi connectivity index (χ1n) is 9.05. The molecule has 1 fully saturated rings. The lowest BCUT2D eigenvalue weighted by Crippen LogP contribution is -2.19. The summed E-state index contributed by atoms with van der Waals surface area (Å²) < 4.78 is 34.9. The van der Waals surface area contributed by atoms with Crippen molar-refractivity contribution < 1.29 is 27.5 Å². The minimum atomic E-state index is -3.32. The van der Waals surface area contributed by atoms with Crippen LogP contribution in [0.3, 0.4) is 0 Å². The molecule has 148 valence electrons. The van der Waals surface area contributed by atoms with Crippen LogP contribution in [0.1, 0.15) is 39.5 Å². The molecular formula is C19H25NO6S. The van der Waals surface area contributed by atoms with Gasteiger partial charge in [0.2, 0.25) is 0 Å². The topological polar surface area (TPSA) is 98.8 Å². The zero-order chi connectivity index (χ0) is 19.9.